The maximum Gasteiger partial charge on any atom is 0.417 e. The first-order chi connectivity index (χ1) is 29.1. The van der Waals surface area contributed by atoms with Crippen molar-refractivity contribution in [2.24, 2.45) is 5.92 Å². The molecular formula is C45H65N7O9. The summed E-state index contributed by atoms with van der Waals surface area (Å²) in [7, 11) is 1.40. The average Bonchev–Trinajstić information content (AvgIpc) is 3.87. The third kappa shape index (κ3) is 11.3. The number of anilines is 1. The molecule has 1 aromatic heterocycles. The summed E-state index contributed by atoms with van der Waals surface area (Å²) < 4.78 is 21.0. The highest BCUT2D eigenvalue weighted by molar-refractivity contribution is 5.91. The van der Waals surface area contributed by atoms with Gasteiger partial charge in [-0.15, -0.1) is 0 Å². The molecule has 4 fully saturated rings. The zero-order valence-corrected chi connectivity index (χ0v) is 35.3. The first-order valence-electron chi connectivity index (χ1n) is 21.7. The number of carbonyl (C=O) groups excluding carboxylic acids is 4. The highest BCUT2D eigenvalue weighted by Gasteiger charge is 2.39. The summed E-state index contributed by atoms with van der Waals surface area (Å²) in [5, 5.41) is 3.00. The number of esters is 1. The number of ether oxygens (including phenoxy) is 3. The van der Waals surface area contributed by atoms with Crippen molar-refractivity contribution in [3.05, 3.63) is 63.6 Å². The molecule has 61 heavy (non-hydrogen) atoms. The maximum absolute atomic E-state index is 13.3. The van der Waals surface area contributed by atoms with Gasteiger partial charge in [0.25, 0.3) is 0 Å². The van der Waals surface area contributed by atoms with Gasteiger partial charge in [0.05, 0.1) is 25.8 Å². The smallest absolute Gasteiger partial charge is 0.417 e. The van der Waals surface area contributed by atoms with E-state index in [1.807, 2.05) is 54.0 Å². The largest absolute Gasteiger partial charge is 0.463 e. The zero-order valence-electron chi connectivity index (χ0n) is 35.3. The molecule has 5 aliphatic heterocycles. The fourth-order valence-electron chi connectivity index (χ4n) is 9.49. The van der Waals surface area contributed by atoms with Crippen LogP contribution in [-0.4, -0.2) is 157 Å². The highest BCUT2D eigenvalue weighted by Crippen LogP contribution is 2.29. The van der Waals surface area contributed by atoms with Gasteiger partial charge in [0.15, 0.2) is 5.58 Å². The number of aromatic amines is 1. The standard InChI is InChI=1S/C28H40N4O6.C16H21N3O3.CH4/c1-19-16-21(18-24-25(19)29-28(35)38-24)17-20(2)26(33)31-8-5-22(6-9-31)32-7-3-4-23(32)27(34)37-15-12-30-10-13-36-14-11-30;1-22-16(21)18-9-7-13(8-10-18)19-11-6-12-4-2-3-5-14(12)17-15(19)20;/h16,18,20,22-23H,3-15,17H2,1-2H3,(H,29,35);2-5,13H,6-11H2,1H3,(H,17,20);1H4/t20-,23+;;/m1../s1. The number of aromatic nitrogens is 1. The number of hydrogen-bond acceptors (Lipinski definition) is 11. The highest BCUT2D eigenvalue weighted by atomic mass is 16.5. The number of methoxy groups -OCH3 is 1. The van der Waals surface area contributed by atoms with Crippen molar-refractivity contribution in [3.8, 4) is 0 Å². The molecule has 2 aromatic carbocycles. The number of likely N-dealkylation sites (tertiary alicyclic amines) is 3. The monoisotopic (exact) mass is 847 g/mol. The second-order valence-corrected chi connectivity index (χ2v) is 16.7. The van der Waals surface area contributed by atoms with Crippen molar-refractivity contribution in [1.29, 1.82) is 0 Å². The Balaban J connectivity index is 0.000000230. The van der Waals surface area contributed by atoms with E-state index in [1.54, 1.807) is 4.90 Å². The van der Waals surface area contributed by atoms with E-state index < -0.39 is 5.76 Å². The van der Waals surface area contributed by atoms with Crippen molar-refractivity contribution < 1.29 is 37.8 Å². The Bertz CT molecular complexity index is 2010. The SMILES string of the molecule is C.COC(=O)N1CCC(N2CCc3ccccc3NC2=O)CC1.Cc1cc(C[C@@H](C)C(=O)N2CCC(N3CCC[C@H]3C(=O)OCCN3CCOCC3)CC2)cc2oc(=O)[nH]c12. The van der Waals surface area contributed by atoms with Gasteiger partial charge in [-0.05, 0) is 93.7 Å². The van der Waals surface area contributed by atoms with Gasteiger partial charge in [0, 0.05) is 76.0 Å². The van der Waals surface area contributed by atoms with Gasteiger partial charge < -0.3 is 38.6 Å². The number of nitrogens with one attached hydrogen (secondary N) is 2. The molecule has 5 aliphatic rings. The molecule has 4 amide bonds. The van der Waals surface area contributed by atoms with E-state index in [4.69, 9.17) is 18.6 Å². The predicted octanol–water partition coefficient (Wildman–Crippen LogP) is 4.88. The lowest BCUT2D eigenvalue weighted by molar-refractivity contribution is -0.151. The number of oxazole rings is 1. The molecule has 16 nitrogen and oxygen atoms in total. The number of hydrogen-bond donors (Lipinski definition) is 2. The Morgan fingerprint density at radius 1 is 0.885 bits per heavy atom. The third-order valence-corrected chi connectivity index (χ3v) is 12.8. The lowest BCUT2D eigenvalue weighted by Gasteiger charge is -2.39. The number of aryl methyl sites for hydroxylation is 1. The number of carbonyl (C=O) groups is 4. The Hall–Kier alpha value is -4.93. The van der Waals surface area contributed by atoms with Crippen LogP contribution in [0, 0.1) is 12.8 Å². The second kappa shape index (κ2) is 21.2. The summed E-state index contributed by atoms with van der Waals surface area (Å²) in [6.07, 6.45) is 6.33. The number of H-pyrrole nitrogens is 1. The van der Waals surface area contributed by atoms with Crippen LogP contribution in [0.1, 0.15) is 69.6 Å². The van der Waals surface area contributed by atoms with Crippen molar-refractivity contribution in [2.75, 3.05) is 91.2 Å². The van der Waals surface area contributed by atoms with Crippen LogP contribution in [-0.2, 0) is 36.6 Å². The van der Waals surface area contributed by atoms with Crippen LogP contribution in [0.4, 0.5) is 15.3 Å². The van der Waals surface area contributed by atoms with E-state index in [1.165, 1.54) is 12.7 Å². The van der Waals surface area contributed by atoms with E-state index in [0.717, 1.165) is 101 Å². The summed E-state index contributed by atoms with van der Waals surface area (Å²) in [5.41, 5.74) is 5.24. The number of amides is 4. The van der Waals surface area contributed by atoms with Crippen molar-refractivity contribution in [3.63, 3.8) is 0 Å². The van der Waals surface area contributed by atoms with Crippen molar-refractivity contribution in [1.82, 2.24) is 29.5 Å². The number of morpholine rings is 1. The Morgan fingerprint density at radius 2 is 1.59 bits per heavy atom. The molecule has 4 saturated heterocycles. The second-order valence-electron chi connectivity index (χ2n) is 16.7. The number of fused-ring (bicyclic) bond motifs is 2. The van der Waals surface area contributed by atoms with Gasteiger partial charge in [-0.2, -0.15) is 0 Å². The van der Waals surface area contributed by atoms with Gasteiger partial charge in [-0.3, -0.25) is 24.4 Å². The van der Waals surface area contributed by atoms with Crippen LogP contribution in [0.5, 0.6) is 0 Å². The molecule has 0 aliphatic carbocycles. The van der Waals surface area contributed by atoms with Crippen LogP contribution in [0.3, 0.4) is 0 Å². The van der Waals surface area contributed by atoms with E-state index in [0.29, 0.717) is 62.9 Å². The van der Waals surface area contributed by atoms with E-state index in [-0.39, 0.29) is 49.4 Å². The molecule has 2 atom stereocenters. The molecule has 8 rings (SSSR count). The summed E-state index contributed by atoms with van der Waals surface area (Å²) in [5.74, 6) is -0.589. The van der Waals surface area contributed by atoms with Gasteiger partial charge in [-0.1, -0.05) is 38.6 Å². The third-order valence-electron chi connectivity index (χ3n) is 12.8. The minimum absolute atomic E-state index is 0. The topological polar surface area (TPSA) is 170 Å². The minimum atomic E-state index is -0.464. The Labute approximate surface area is 358 Å². The van der Waals surface area contributed by atoms with E-state index >= 15 is 0 Å². The molecule has 0 spiro atoms. The number of piperidine rings is 2. The first-order valence-corrected chi connectivity index (χ1v) is 21.7. The lowest BCUT2D eigenvalue weighted by Crippen LogP contribution is -2.51. The quantitative estimate of drug-likeness (QED) is 0.282. The van der Waals surface area contributed by atoms with Gasteiger partial charge in [0.2, 0.25) is 5.91 Å². The number of urea groups is 1. The number of rotatable bonds is 9. The molecule has 3 aromatic rings. The van der Waals surface area contributed by atoms with Gasteiger partial charge in [0.1, 0.15) is 12.6 Å². The van der Waals surface area contributed by atoms with Crippen LogP contribution in [0.25, 0.3) is 11.1 Å². The molecule has 2 N–H and O–H groups in total. The number of nitrogens with zero attached hydrogens (tertiary/aromatic N) is 5. The molecule has 0 radical (unpaired) electrons. The fourth-order valence-corrected chi connectivity index (χ4v) is 9.49. The molecule has 0 unspecified atom stereocenters. The summed E-state index contributed by atoms with van der Waals surface area (Å²) in [6, 6.07) is 12.1. The molecular weight excluding hydrogens is 783 g/mol. The number of benzene rings is 2. The zero-order chi connectivity index (χ0) is 42.2. The summed E-state index contributed by atoms with van der Waals surface area (Å²) in [6.45, 7) is 12.6. The summed E-state index contributed by atoms with van der Waals surface area (Å²) in [4.78, 5) is 74.6. The first kappa shape index (κ1) is 45.6. The fraction of sp³-hybridized carbons (Fsp3) is 0.622. The van der Waals surface area contributed by atoms with Crippen LogP contribution < -0.4 is 11.1 Å². The Kier molecular flexibility index (Phi) is 15.9. The molecule has 6 heterocycles. The average molecular weight is 848 g/mol. The normalized spacial score (nSPS) is 21.1. The van der Waals surface area contributed by atoms with E-state index in [2.05, 4.69) is 26.2 Å². The minimum Gasteiger partial charge on any atom is -0.463 e. The summed E-state index contributed by atoms with van der Waals surface area (Å²) >= 11 is 0. The van der Waals surface area contributed by atoms with Crippen LogP contribution in [0.15, 0.2) is 45.6 Å². The van der Waals surface area contributed by atoms with E-state index in [9.17, 15) is 24.0 Å². The van der Waals surface area contributed by atoms with Crippen molar-refractivity contribution >= 4 is 40.8 Å². The Morgan fingerprint density at radius 3 is 2.33 bits per heavy atom. The molecule has 0 saturated carbocycles. The maximum atomic E-state index is 13.3. The predicted molar refractivity (Wildman–Crippen MR) is 232 cm³/mol. The molecule has 334 valence electrons. The van der Waals surface area contributed by atoms with Crippen LogP contribution in [0.2, 0.25) is 0 Å². The van der Waals surface area contributed by atoms with Crippen LogP contribution >= 0.6 is 0 Å². The van der Waals surface area contributed by atoms with Crippen molar-refractivity contribution in [2.45, 2.75) is 90.8 Å². The van der Waals surface area contributed by atoms with Gasteiger partial charge in [-0.25, -0.2) is 14.4 Å². The lowest BCUT2D eigenvalue weighted by atomic mass is 9.96. The molecule has 16 heteroatoms. The molecule has 0 bridgehead atoms. The number of para-hydroxylation sites is 1. The van der Waals surface area contributed by atoms with Gasteiger partial charge >= 0.3 is 23.8 Å².